The molecule has 0 aliphatic rings. The lowest BCUT2D eigenvalue weighted by atomic mass is 10.2. The first-order valence-electron chi connectivity index (χ1n) is 6.85. The Balaban J connectivity index is 1.61. The highest BCUT2D eigenvalue weighted by Gasteiger charge is 2.06. The summed E-state index contributed by atoms with van der Waals surface area (Å²) in [6, 6.07) is 14.2. The van der Waals surface area contributed by atoms with E-state index in [1.165, 1.54) is 35.2 Å². The van der Waals surface area contributed by atoms with Crippen molar-refractivity contribution in [2.24, 2.45) is 0 Å². The number of rotatable bonds is 6. The van der Waals surface area contributed by atoms with Crippen molar-refractivity contribution < 1.29 is 9.13 Å². The van der Waals surface area contributed by atoms with Gasteiger partial charge in [0.1, 0.15) is 11.6 Å². The number of ether oxygens (including phenoxy) is 1. The van der Waals surface area contributed by atoms with Crippen LogP contribution in [0.3, 0.4) is 0 Å². The molecule has 0 atom stereocenters. The molecular weight excluding hydrogens is 333 g/mol. The Bertz CT molecular complexity index is 794. The largest absolute Gasteiger partial charge is 0.497 e. The lowest BCUT2D eigenvalue weighted by Gasteiger charge is -2.04. The minimum absolute atomic E-state index is 0.222. The summed E-state index contributed by atoms with van der Waals surface area (Å²) >= 11 is 2.99. The predicted octanol–water partition coefficient (Wildman–Crippen LogP) is 4.72. The molecule has 3 aromatic rings. The molecule has 0 radical (unpaired) electrons. The second-order valence-electron chi connectivity index (χ2n) is 4.65. The fourth-order valence-electron chi connectivity index (χ4n) is 1.91. The van der Waals surface area contributed by atoms with Crippen molar-refractivity contribution >= 4 is 33.9 Å². The number of anilines is 2. The van der Waals surface area contributed by atoms with Crippen LogP contribution < -0.4 is 10.1 Å². The molecule has 2 aromatic carbocycles. The first kappa shape index (κ1) is 15.8. The van der Waals surface area contributed by atoms with Crippen LogP contribution in [0, 0.1) is 5.82 Å². The highest BCUT2D eigenvalue weighted by Crippen LogP contribution is 2.30. The van der Waals surface area contributed by atoms with Gasteiger partial charge in [-0.1, -0.05) is 41.3 Å². The van der Waals surface area contributed by atoms with Crippen LogP contribution in [0.15, 0.2) is 52.9 Å². The van der Waals surface area contributed by atoms with Crippen LogP contribution in [0.25, 0.3) is 0 Å². The maximum atomic E-state index is 13.1. The quantitative estimate of drug-likeness (QED) is 0.654. The molecular formula is C16H14FN3OS2. The molecule has 0 amide bonds. The van der Waals surface area contributed by atoms with Gasteiger partial charge in [0.25, 0.3) is 0 Å². The van der Waals surface area contributed by atoms with Crippen molar-refractivity contribution in [1.82, 2.24) is 10.2 Å². The van der Waals surface area contributed by atoms with Gasteiger partial charge < -0.3 is 10.1 Å². The third-order valence-electron chi connectivity index (χ3n) is 2.98. The van der Waals surface area contributed by atoms with Gasteiger partial charge in [0, 0.05) is 17.5 Å². The summed E-state index contributed by atoms with van der Waals surface area (Å²) in [7, 11) is 1.63. The van der Waals surface area contributed by atoms with Gasteiger partial charge in [-0.25, -0.2) is 4.39 Å². The molecule has 0 saturated heterocycles. The molecule has 23 heavy (non-hydrogen) atoms. The molecule has 1 heterocycles. The Morgan fingerprint density at radius 3 is 2.87 bits per heavy atom. The van der Waals surface area contributed by atoms with Crippen LogP contribution in [-0.2, 0) is 5.75 Å². The predicted molar refractivity (Wildman–Crippen MR) is 92.1 cm³/mol. The number of hydrogen-bond acceptors (Lipinski definition) is 6. The minimum atomic E-state index is -0.222. The van der Waals surface area contributed by atoms with E-state index < -0.39 is 0 Å². The molecule has 7 heteroatoms. The monoisotopic (exact) mass is 347 g/mol. The third kappa shape index (κ3) is 4.43. The van der Waals surface area contributed by atoms with Crippen molar-refractivity contribution in [3.63, 3.8) is 0 Å². The standard InChI is InChI=1S/C16H14FN3OS2/c1-21-14-7-3-6-13(9-14)18-15-19-20-16(23-15)22-10-11-4-2-5-12(17)8-11/h2-9H,10H2,1H3,(H,18,19). The summed E-state index contributed by atoms with van der Waals surface area (Å²) in [4.78, 5) is 0. The second kappa shape index (κ2) is 7.43. The maximum Gasteiger partial charge on any atom is 0.210 e. The Morgan fingerprint density at radius 2 is 2.04 bits per heavy atom. The minimum Gasteiger partial charge on any atom is -0.497 e. The molecule has 1 N–H and O–H groups in total. The second-order valence-corrected chi connectivity index (χ2v) is 6.85. The van der Waals surface area contributed by atoms with Crippen LogP contribution in [0.2, 0.25) is 0 Å². The fourth-order valence-corrected chi connectivity index (χ4v) is 3.63. The number of nitrogens with zero attached hydrogens (tertiary/aromatic N) is 2. The van der Waals surface area contributed by atoms with E-state index in [0.717, 1.165) is 21.3 Å². The fraction of sp³-hybridized carbons (Fsp3) is 0.125. The topological polar surface area (TPSA) is 47.0 Å². The summed E-state index contributed by atoms with van der Waals surface area (Å²) in [6.45, 7) is 0. The average Bonchev–Trinajstić information content (AvgIpc) is 3.01. The van der Waals surface area contributed by atoms with Gasteiger partial charge in [-0.15, -0.1) is 10.2 Å². The number of methoxy groups -OCH3 is 1. The summed E-state index contributed by atoms with van der Waals surface area (Å²) in [5.41, 5.74) is 1.81. The van der Waals surface area contributed by atoms with Gasteiger partial charge in [-0.05, 0) is 29.8 Å². The van der Waals surface area contributed by atoms with E-state index in [1.54, 1.807) is 13.2 Å². The molecule has 4 nitrogen and oxygen atoms in total. The van der Waals surface area contributed by atoms with E-state index >= 15 is 0 Å². The smallest absolute Gasteiger partial charge is 0.210 e. The van der Waals surface area contributed by atoms with Crippen molar-refractivity contribution in [1.29, 1.82) is 0 Å². The summed E-state index contributed by atoms with van der Waals surface area (Å²) in [5, 5.41) is 12.2. The molecule has 3 rings (SSSR count). The number of hydrogen-bond donors (Lipinski definition) is 1. The molecule has 0 aliphatic heterocycles. The van der Waals surface area contributed by atoms with Crippen LogP contribution in [-0.4, -0.2) is 17.3 Å². The molecule has 1 aromatic heterocycles. The van der Waals surface area contributed by atoms with E-state index in [1.807, 2.05) is 30.3 Å². The van der Waals surface area contributed by atoms with E-state index in [2.05, 4.69) is 15.5 Å². The maximum absolute atomic E-state index is 13.1. The zero-order valence-electron chi connectivity index (χ0n) is 12.3. The number of halogens is 1. The van der Waals surface area contributed by atoms with Crippen LogP contribution >= 0.6 is 23.1 Å². The molecule has 0 unspecified atom stereocenters. The first-order chi connectivity index (χ1) is 11.2. The average molecular weight is 347 g/mol. The van der Waals surface area contributed by atoms with Crippen molar-refractivity contribution in [2.45, 2.75) is 10.1 Å². The highest BCUT2D eigenvalue weighted by molar-refractivity contribution is 8.00. The van der Waals surface area contributed by atoms with Gasteiger partial charge in [0.15, 0.2) is 4.34 Å². The zero-order valence-corrected chi connectivity index (χ0v) is 14.0. The number of aromatic nitrogens is 2. The van der Waals surface area contributed by atoms with Crippen molar-refractivity contribution in [3.05, 3.63) is 59.9 Å². The molecule has 0 aliphatic carbocycles. The Kier molecular flexibility index (Phi) is 5.09. The van der Waals surface area contributed by atoms with Gasteiger partial charge in [-0.3, -0.25) is 0 Å². The number of nitrogens with one attached hydrogen (secondary N) is 1. The van der Waals surface area contributed by atoms with E-state index in [0.29, 0.717) is 10.9 Å². The molecule has 0 spiro atoms. The number of benzene rings is 2. The first-order valence-corrected chi connectivity index (χ1v) is 8.65. The SMILES string of the molecule is COc1cccc(Nc2nnc(SCc3cccc(F)c3)s2)c1. The van der Waals surface area contributed by atoms with Crippen molar-refractivity contribution in [3.8, 4) is 5.75 Å². The molecule has 0 bridgehead atoms. The van der Waals surface area contributed by atoms with Crippen LogP contribution in [0.1, 0.15) is 5.56 Å². The lowest BCUT2D eigenvalue weighted by molar-refractivity contribution is 0.415. The van der Waals surface area contributed by atoms with Gasteiger partial charge in [-0.2, -0.15) is 0 Å². The van der Waals surface area contributed by atoms with Gasteiger partial charge in [0.2, 0.25) is 5.13 Å². The Hall–Kier alpha value is -2.12. The molecule has 0 saturated carbocycles. The van der Waals surface area contributed by atoms with E-state index in [4.69, 9.17) is 4.74 Å². The highest BCUT2D eigenvalue weighted by atomic mass is 32.2. The van der Waals surface area contributed by atoms with Crippen molar-refractivity contribution in [2.75, 3.05) is 12.4 Å². The summed E-state index contributed by atoms with van der Waals surface area (Å²) < 4.78 is 19.2. The summed E-state index contributed by atoms with van der Waals surface area (Å²) in [5.74, 6) is 1.21. The molecule has 0 fully saturated rings. The lowest BCUT2D eigenvalue weighted by Crippen LogP contribution is -1.90. The van der Waals surface area contributed by atoms with Gasteiger partial charge >= 0.3 is 0 Å². The van der Waals surface area contributed by atoms with Crippen LogP contribution in [0.4, 0.5) is 15.2 Å². The summed E-state index contributed by atoms with van der Waals surface area (Å²) in [6.07, 6.45) is 0. The Labute approximate surface area is 141 Å². The van der Waals surface area contributed by atoms with E-state index in [-0.39, 0.29) is 5.82 Å². The van der Waals surface area contributed by atoms with Gasteiger partial charge in [0.05, 0.1) is 7.11 Å². The zero-order chi connectivity index (χ0) is 16.1. The molecule has 118 valence electrons. The van der Waals surface area contributed by atoms with E-state index in [9.17, 15) is 4.39 Å². The normalized spacial score (nSPS) is 10.5. The third-order valence-corrected chi connectivity index (χ3v) is 5.02. The van der Waals surface area contributed by atoms with Crippen LogP contribution in [0.5, 0.6) is 5.75 Å². The Morgan fingerprint density at radius 1 is 1.17 bits per heavy atom. The number of thioether (sulfide) groups is 1.